The van der Waals surface area contributed by atoms with E-state index in [0.29, 0.717) is 29.6 Å². The quantitative estimate of drug-likeness (QED) is 0.744. The maximum atomic E-state index is 13.3. The molecule has 6 nitrogen and oxygen atoms in total. The highest BCUT2D eigenvalue weighted by atomic mass is 16.2. The lowest BCUT2D eigenvalue weighted by Gasteiger charge is -2.26. The van der Waals surface area contributed by atoms with Gasteiger partial charge in [0.2, 0.25) is 0 Å². The summed E-state index contributed by atoms with van der Waals surface area (Å²) < 4.78 is 1.15. The smallest absolute Gasteiger partial charge is 0.328 e. The number of nitrogens with one attached hydrogen (secondary N) is 1. The Morgan fingerprint density at radius 2 is 1.90 bits per heavy atom. The molecular weight excluding hydrogens is 366 g/mol. The number of benzene rings is 2. The van der Waals surface area contributed by atoms with Crippen LogP contribution in [0.1, 0.15) is 52.9 Å². The number of hydrogen-bond acceptors (Lipinski definition) is 3. The number of carbonyl (C=O) groups is 1. The van der Waals surface area contributed by atoms with Gasteiger partial charge in [0.15, 0.2) is 0 Å². The second-order valence-electron chi connectivity index (χ2n) is 7.74. The molecule has 2 heterocycles. The highest BCUT2D eigenvalue weighted by Crippen LogP contribution is 2.34. The Balaban J connectivity index is 1.71. The zero-order valence-electron chi connectivity index (χ0n) is 17.0. The van der Waals surface area contributed by atoms with E-state index in [9.17, 15) is 14.4 Å². The molecule has 0 bridgehead atoms. The van der Waals surface area contributed by atoms with Crippen molar-refractivity contribution in [1.82, 2.24) is 14.5 Å². The Labute approximate surface area is 168 Å². The summed E-state index contributed by atoms with van der Waals surface area (Å²) in [5, 5.41) is 0.412. The standard InChI is InChI=1S/C23H25N3O3/c1-4-25-22(28)18-10-9-17(13-19(18)24-23(25)29)21(27)26-11-5-6-20(26)16-8-7-14(2)15(3)12-16/h7-10,12-13,20H,4-6,11H2,1-3H3,(H,24,29). The molecule has 0 aliphatic carbocycles. The van der Waals surface area contributed by atoms with Crippen LogP contribution in [0.3, 0.4) is 0 Å². The summed E-state index contributed by atoms with van der Waals surface area (Å²) in [7, 11) is 0. The van der Waals surface area contributed by atoms with E-state index in [0.717, 1.165) is 23.0 Å². The van der Waals surface area contributed by atoms with E-state index in [-0.39, 0.29) is 17.5 Å². The van der Waals surface area contributed by atoms with Gasteiger partial charge in [-0.3, -0.25) is 14.2 Å². The summed E-state index contributed by atoms with van der Waals surface area (Å²) in [5.74, 6) is -0.0758. The van der Waals surface area contributed by atoms with E-state index in [2.05, 4.69) is 37.0 Å². The Bertz CT molecular complexity index is 1220. The number of amides is 1. The van der Waals surface area contributed by atoms with Crippen LogP contribution in [0.2, 0.25) is 0 Å². The van der Waals surface area contributed by atoms with Crippen LogP contribution in [0.4, 0.5) is 0 Å². The molecule has 1 aromatic heterocycles. The summed E-state index contributed by atoms with van der Waals surface area (Å²) in [6.07, 6.45) is 1.88. The summed E-state index contributed by atoms with van der Waals surface area (Å²) in [6.45, 7) is 6.92. The molecule has 0 radical (unpaired) electrons. The molecule has 1 aliphatic heterocycles. The van der Waals surface area contributed by atoms with E-state index < -0.39 is 5.69 Å². The minimum atomic E-state index is -0.455. The van der Waals surface area contributed by atoms with Crippen molar-refractivity contribution in [1.29, 1.82) is 0 Å². The van der Waals surface area contributed by atoms with E-state index in [1.165, 1.54) is 11.1 Å². The number of nitrogens with zero attached hydrogens (tertiary/aromatic N) is 2. The van der Waals surface area contributed by atoms with Gasteiger partial charge < -0.3 is 9.88 Å². The van der Waals surface area contributed by atoms with E-state index >= 15 is 0 Å². The minimum absolute atomic E-state index is 0.0460. The lowest BCUT2D eigenvalue weighted by Crippen LogP contribution is -2.34. The third kappa shape index (κ3) is 3.28. The van der Waals surface area contributed by atoms with E-state index in [4.69, 9.17) is 0 Å². The molecule has 0 spiro atoms. The Morgan fingerprint density at radius 3 is 2.62 bits per heavy atom. The molecule has 6 heteroatoms. The predicted molar refractivity (Wildman–Crippen MR) is 113 cm³/mol. The molecule has 1 N–H and O–H groups in total. The number of aromatic nitrogens is 2. The first-order valence-electron chi connectivity index (χ1n) is 10.1. The van der Waals surface area contributed by atoms with Gasteiger partial charge in [-0.1, -0.05) is 18.2 Å². The van der Waals surface area contributed by atoms with Crippen molar-refractivity contribution in [2.24, 2.45) is 0 Å². The summed E-state index contributed by atoms with van der Waals surface area (Å²) >= 11 is 0. The summed E-state index contributed by atoms with van der Waals surface area (Å²) in [5.41, 5.74) is 3.70. The molecule has 1 amide bonds. The van der Waals surface area contributed by atoms with Gasteiger partial charge in [-0.25, -0.2) is 4.79 Å². The van der Waals surface area contributed by atoms with Gasteiger partial charge in [-0.05, 0) is 68.5 Å². The fraction of sp³-hybridized carbons (Fsp3) is 0.348. The van der Waals surface area contributed by atoms with Crippen molar-refractivity contribution in [3.05, 3.63) is 79.5 Å². The van der Waals surface area contributed by atoms with Gasteiger partial charge in [0.05, 0.1) is 16.9 Å². The highest BCUT2D eigenvalue weighted by molar-refractivity contribution is 5.98. The van der Waals surface area contributed by atoms with Crippen molar-refractivity contribution >= 4 is 16.8 Å². The van der Waals surface area contributed by atoms with Crippen LogP contribution in [-0.4, -0.2) is 26.9 Å². The minimum Gasteiger partial charge on any atom is -0.332 e. The molecule has 2 aromatic carbocycles. The number of carbonyl (C=O) groups excluding carboxylic acids is 1. The first-order valence-corrected chi connectivity index (χ1v) is 10.1. The molecule has 4 rings (SSSR count). The number of likely N-dealkylation sites (tertiary alicyclic amines) is 1. The van der Waals surface area contributed by atoms with Gasteiger partial charge in [-0.2, -0.15) is 0 Å². The fourth-order valence-corrected chi connectivity index (χ4v) is 4.17. The van der Waals surface area contributed by atoms with Crippen LogP contribution in [0.25, 0.3) is 10.9 Å². The molecule has 29 heavy (non-hydrogen) atoms. The maximum Gasteiger partial charge on any atom is 0.328 e. The zero-order valence-corrected chi connectivity index (χ0v) is 17.0. The number of fused-ring (bicyclic) bond motifs is 1. The molecule has 1 unspecified atom stereocenters. The average Bonchev–Trinajstić information content (AvgIpc) is 3.19. The van der Waals surface area contributed by atoms with Gasteiger partial charge in [0.1, 0.15) is 0 Å². The predicted octanol–water partition coefficient (Wildman–Crippen LogP) is 3.30. The topological polar surface area (TPSA) is 75.2 Å². The lowest BCUT2D eigenvalue weighted by atomic mass is 9.99. The summed E-state index contributed by atoms with van der Waals surface area (Å²) in [6, 6.07) is 11.3. The molecule has 0 saturated carbocycles. The van der Waals surface area contributed by atoms with Crippen molar-refractivity contribution < 1.29 is 4.79 Å². The van der Waals surface area contributed by atoms with Gasteiger partial charge >= 0.3 is 5.69 Å². The first kappa shape index (κ1) is 19.2. The molecule has 1 aliphatic rings. The van der Waals surface area contributed by atoms with Crippen LogP contribution in [0, 0.1) is 13.8 Å². The fourth-order valence-electron chi connectivity index (χ4n) is 4.17. The highest BCUT2D eigenvalue weighted by Gasteiger charge is 2.31. The van der Waals surface area contributed by atoms with Gasteiger partial charge in [0, 0.05) is 18.7 Å². The molecule has 1 atom stereocenters. The van der Waals surface area contributed by atoms with Crippen LogP contribution in [0.5, 0.6) is 0 Å². The molecule has 1 saturated heterocycles. The molecule has 3 aromatic rings. The number of aryl methyl sites for hydroxylation is 2. The normalized spacial score (nSPS) is 16.5. The molecular formula is C23H25N3O3. The number of rotatable bonds is 3. The second-order valence-corrected chi connectivity index (χ2v) is 7.74. The molecule has 1 fully saturated rings. The zero-order chi connectivity index (χ0) is 20.7. The van der Waals surface area contributed by atoms with Gasteiger partial charge in [-0.15, -0.1) is 0 Å². The Morgan fingerprint density at radius 1 is 1.10 bits per heavy atom. The van der Waals surface area contributed by atoms with Crippen LogP contribution >= 0.6 is 0 Å². The Hall–Kier alpha value is -3.15. The monoisotopic (exact) mass is 391 g/mol. The maximum absolute atomic E-state index is 13.3. The lowest BCUT2D eigenvalue weighted by molar-refractivity contribution is 0.0735. The third-order valence-electron chi connectivity index (χ3n) is 5.97. The molecule has 150 valence electrons. The Kier molecular flexibility index (Phi) is 4.86. The van der Waals surface area contributed by atoms with Crippen molar-refractivity contribution in [2.75, 3.05) is 6.54 Å². The SMILES string of the molecule is CCn1c(=O)[nH]c2cc(C(=O)N3CCCC3c3ccc(C)c(C)c3)ccc2c1=O. The summed E-state index contributed by atoms with van der Waals surface area (Å²) in [4.78, 5) is 42.5. The van der Waals surface area contributed by atoms with Crippen molar-refractivity contribution in [2.45, 2.75) is 46.2 Å². The van der Waals surface area contributed by atoms with Crippen LogP contribution < -0.4 is 11.2 Å². The van der Waals surface area contributed by atoms with Crippen LogP contribution in [-0.2, 0) is 6.54 Å². The van der Waals surface area contributed by atoms with Crippen molar-refractivity contribution in [3.63, 3.8) is 0 Å². The second kappa shape index (κ2) is 7.35. The number of hydrogen-bond donors (Lipinski definition) is 1. The average molecular weight is 391 g/mol. The number of aromatic amines is 1. The third-order valence-corrected chi connectivity index (χ3v) is 5.97. The van der Waals surface area contributed by atoms with E-state index in [1.807, 2.05) is 4.90 Å². The van der Waals surface area contributed by atoms with Gasteiger partial charge in [0.25, 0.3) is 11.5 Å². The van der Waals surface area contributed by atoms with Crippen LogP contribution in [0.15, 0.2) is 46.0 Å². The first-order chi connectivity index (χ1) is 13.9. The van der Waals surface area contributed by atoms with Crippen molar-refractivity contribution in [3.8, 4) is 0 Å². The largest absolute Gasteiger partial charge is 0.332 e. The van der Waals surface area contributed by atoms with E-state index in [1.54, 1.807) is 25.1 Å². The number of H-pyrrole nitrogens is 1.